The van der Waals surface area contributed by atoms with Crippen molar-refractivity contribution >= 4 is 6.03 Å². The van der Waals surface area contributed by atoms with Crippen LogP contribution in [0, 0.1) is 5.92 Å². The first-order valence-electron chi connectivity index (χ1n) is 10.4. The maximum atomic E-state index is 13.2. The summed E-state index contributed by atoms with van der Waals surface area (Å²) in [6.07, 6.45) is -8.21. The largest absolute Gasteiger partial charge is 0.416 e. The summed E-state index contributed by atoms with van der Waals surface area (Å²) in [6, 6.07) is 10.1. The number of rotatable bonds is 6. The molecule has 1 fully saturated rings. The Morgan fingerprint density at radius 1 is 0.970 bits per heavy atom. The van der Waals surface area contributed by atoms with Crippen LogP contribution in [0.25, 0.3) is 0 Å². The lowest BCUT2D eigenvalue weighted by Crippen LogP contribution is -2.41. The monoisotopic (exact) mass is 474 g/mol. The van der Waals surface area contributed by atoms with Gasteiger partial charge in [0.2, 0.25) is 0 Å². The predicted molar refractivity (Wildman–Crippen MR) is 109 cm³/mol. The minimum atomic E-state index is -4.92. The number of ether oxygens (including phenoxy) is 1. The van der Waals surface area contributed by atoms with Gasteiger partial charge in [-0.3, -0.25) is 0 Å². The highest BCUT2D eigenvalue weighted by Gasteiger charge is 2.38. The Kier molecular flexibility index (Phi) is 7.56. The maximum Gasteiger partial charge on any atom is 0.416 e. The first-order chi connectivity index (χ1) is 15.4. The number of carbonyl (C=O) groups excluding carboxylic acids is 1. The molecule has 2 amide bonds. The summed E-state index contributed by atoms with van der Waals surface area (Å²) in [4.78, 5) is 11.2. The summed E-state index contributed by atoms with van der Waals surface area (Å²) in [5, 5.41) is 2.59. The molecule has 0 spiro atoms. The number of hydrogen-bond acceptors (Lipinski definition) is 2. The van der Waals surface area contributed by atoms with Crippen LogP contribution >= 0.6 is 0 Å². The molecule has 0 heterocycles. The fraction of sp³-hybridized carbons (Fsp3) is 0.435. The van der Waals surface area contributed by atoms with Gasteiger partial charge in [0, 0.05) is 12.5 Å². The Hall–Kier alpha value is -2.75. The van der Waals surface area contributed by atoms with Gasteiger partial charge in [0.15, 0.2) is 0 Å². The van der Waals surface area contributed by atoms with Crippen LogP contribution in [-0.2, 0) is 23.7 Å². The second-order valence-corrected chi connectivity index (χ2v) is 8.14. The molecule has 10 heteroatoms. The molecular weight excluding hydrogens is 450 g/mol. The van der Waals surface area contributed by atoms with Crippen molar-refractivity contribution < 1.29 is 35.9 Å². The Morgan fingerprint density at radius 3 is 2.12 bits per heavy atom. The van der Waals surface area contributed by atoms with Gasteiger partial charge in [0.1, 0.15) is 0 Å². The molecule has 3 atom stereocenters. The molecule has 0 aromatic heterocycles. The summed E-state index contributed by atoms with van der Waals surface area (Å²) in [5.41, 5.74) is 3.16. The number of alkyl halides is 6. The zero-order valence-electron chi connectivity index (χ0n) is 17.5. The van der Waals surface area contributed by atoms with Crippen LogP contribution in [0.3, 0.4) is 0 Å². The van der Waals surface area contributed by atoms with Crippen molar-refractivity contribution in [3.05, 3.63) is 70.8 Å². The van der Waals surface area contributed by atoms with Crippen molar-refractivity contribution in [3.8, 4) is 0 Å². The van der Waals surface area contributed by atoms with Crippen molar-refractivity contribution in [2.75, 3.05) is 6.54 Å². The Balaban J connectivity index is 1.85. The third-order valence-corrected chi connectivity index (χ3v) is 5.81. The molecule has 3 N–H and O–H groups in total. The van der Waals surface area contributed by atoms with Crippen LogP contribution in [0.5, 0.6) is 0 Å². The highest BCUT2D eigenvalue weighted by molar-refractivity contribution is 5.71. The van der Waals surface area contributed by atoms with Crippen LogP contribution in [0.1, 0.15) is 47.4 Å². The molecule has 2 aromatic carbocycles. The normalized spacial score (nSPS) is 21.6. The molecule has 2 aromatic rings. The van der Waals surface area contributed by atoms with E-state index in [1.165, 1.54) is 0 Å². The average molecular weight is 474 g/mol. The van der Waals surface area contributed by atoms with Crippen molar-refractivity contribution in [2.45, 2.75) is 50.2 Å². The van der Waals surface area contributed by atoms with E-state index in [2.05, 4.69) is 5.32 Å². The number of urea groups is 1. The number of halogens is 6. The van der Waals surface area contributed by atoms with Crippen LogP contribution in [-0.4, -0.2) is 18.7 Å². The fourth-order valence-electron chi connectivity index (χ4n) is 4.36. The van der Waals surface area contributed by atoms with Gasteiger partial charge in [-0.25, -0.2) is 4.79 Å². The van der Waals surface area contributed by atoms with E-state index in [0.717, 1.165) is 18.4 Å². The first kappa shape index (κ1) is 24.9. The van der Waals surface area contributed by atoms with E-state index in [4.69, 9.17) is 10.5 Å². The molecule has 3 rings (SSSR count). The van der Waals surface area contributed by atoms with E-state index in [1.54, 1.807) is 0 Å². The smallest absolute Gasteiger partial charge is 0.373 e. The predicted octanol–water partition coefficient (Wildman–Crippen LogP) is 5.86. The second kappa shape index (κ2) is 10.0. The van der Waals surface area contributed by atoms with E-state index < -0.39 is 42.2 Å². The highest BCUT2D eigenvalue weighted by Crippen LogP contribution is 2.41. The molecule has 33 heavy (non-hydrogen) atoms. The lowest BCUT2D eigenvalue weighted by Gasteiger charge is -2.38. The van der Waals surface area contributed by atoms with Gasteiger partial charge in [0.05, 0.1) is 23.8 Å². The van der Waals surface area contributed by atoms with Gasteiger partial charge in [0.25, 0.3) is 0 Å². The molecule has 1 aliphatic rings. The van der Waals surface area contributed by atoms with E-state index in [0.29, 0.717) is 18.6 Å². The Morgan fingerprint density at radius 2 is 1.58 bits per heavy atom. The van der Waals surface area contributed by atoms with Gasteiger partial charge in [-0.15, -0.1) is 0 Å². The Labute approximate surface area is 187 Å². The molecule has 0 aliphatic heterocycles. The van der Waals surface area contributed by atoms with Crippen LogP contribution in [0.2, 0.25) is 0 Å². The van der Waals surface area contributed by atoms with Crippen molar-refractivity contribution in [1.82, 2.24) is 5.32 Å². The quantitative estimate of drug-likeness (QED) is 0.515. The summed E-state index contributed by atoms with van der Waals surface area (Å²) in [6.45, 7) is -0.118. The standard InChI is InChI=1S/C23H24F6N2O2/c24-22(25,26)17-9-14(10-18(11-17)23(27,28)29)13-33-19-8-4-7-16(12-31-21(30)32)20(19)15-5-2-1-3-6-15/h1-3,5-6,9-11,16,19-20H,4,7-8,12-13H2,(H3,30,31,32)/t16-,19+,20-/m1/s1. The van der Waals surface area contributed by atoms with Gasteiger partial charge in [-0.2, -0.15) is 26.3 Å². The van der Waals surface area contributed by atoms with Gasteiger partial charge in [-0.1, -0.05) is 36.8 Å². The summed E-state index contributed by atoms with van der Waals surface area (Å²) < 4.78 is 84.9. The van der Waals surface area contributed by atoms with Crippen LogP contribution < -0.4 is 11.1 Å². The minimum absolute atomic E-state index is 0.0501. The van der Waals surface area contributed by atoms with E-state index in [-0.39, 0.29) is 30.0 Å². The van der Waals surface area contributed by atoms with E-state index in [9.17, 15) is 31.1 Å². The van der Waals surface area contributed by atoms with Gasteiger partial charge in [-0.05, 0) is 48.1 Å². The van der Waals surface area contributed by atoms with Gasteiger partial charge < -0.3 is 15.8 Å². The fourth-order valence-corrected chi connectivity index (χ4v) is 4.36. The Bertz CT molecular complexity index is 914. The molecular formula is C23H24F6N2O2. The number of amides is 2. The third-order valence-electron chi connectivity index (χ3n) is 5.81. The molecule has 1 aliphatic carbocycles. The number of hydrogen-bond donors (Lipinski definition) is 2. The number of primary amides is 1. The number of nitrogens with one attached hydrogen (secondary N) is 1. The van der Waals surface area contributed by atoms with Crippen molar-refractivity contribution in [2.24, 2.45) is 11.7 Å². The number of nitrogens with two attached hydrogens (primary N) is 1. The summed E-state index contributed by atoms with van der Waals surface area (Å²) >= 11 is 0. The average Bonchev–Trinajstić information content (AvgIpc) is 2.75. The second-order valence-electron chi connectivity index (χ2n) is 8.14. The van der Waals surface area contributed by atoms with Crippen LogP contribution in [0.15, 0.2) is 48.5 Å². The van der Waals surface area contributed by atoms with Crippen LogP contribution in [0.4, 0.5) is 31.1 Å². The summed E-state index contributed by atoms with van der Waals surface area (Å²) in [5.74, 6) is -0.259. The number of carbonyl (C=O) groups is 1. The molecule has 0 unspecified atom stereocenters. The highest BCUT2D eigenvalue weighted by atomic mass is 19.4. The molecule has 180 valence electrons. The number of benzene rings is 2. The zero-order valence-corrected chi connectivity index (χ0v) is 17.5. The SMILES string of the molecule is NC(=O)NC[C@H]1CCC[C@H](OCc2cc(C(F)(F)F)cc(C(F)(F)F)c2)[C@@H]1c1ccccc1. The van der Waals surface area contributed by atoms with E-state index >= 15 is 0 Å². The third kappa shape index (κ3) is 6.63. The maximum absolute atomic E-state index is 13.2. The van der Waals surface area contributed by atoms with Crippen molar-refractivity contribution in [1.29, 1.82) is 0 Å². The van der Waals surface area contributed by atoms with E-state index in [1.807, 2.05) is 30.3 Å². The minimum Gasteiger partial charge on any atom is -0.373 e. The molecule has 0 radical (unpaired) electrons. The molecule has 0 bridgehead atoms. The molecule has 1 saturated carbocycles. The lowest BCUT2D eigenvalue weighted by atomic mass is 9.73. The lowest BCUT2D eigenvalue weighted by molar-refractivity contribution is -0.143. The first-order valence-corrected chi connectivity index (χ1v) is 10.4. The van der Waals surface area contributed by atoms with Crippen molar-refractivity contribution in [3.63, 3.8) is 0 Å². The zero-order chi connectivity index (χ0) is 24.2. The molecule has 4 nitrogen and oxygen atoms in total. The molecule has 0 saturated heterocycles. The van der Waals surface area contributed by atoms with Gasteiger partial charge >= 0.3 is 18.4 Å². The summed E-state index contributed by atoms with van der Waals surface area (Å²) in [7, 11) is 0. The topological polar surface area (TPSA) is 64.4 Å².